The van der Waals surface area contributed by atoms with Crippen molar-refractivity contribution >= 4 is 13.5 Å². The van der Waals surface area contributed by atoms with Crippen LogP contribution >= 0.6 is 0 Å². The summed E-state index contributed by atoms with van der Waals surface area (Å²) in [6.45, 7) is 4.45. The van der Waals surface area contributed by atoms with Crippen LogP contribution in [-0.2, 0) is 4.43 Å². The lowest BCUT2D eigenvalue weighted by molar-refractivity contribution is 0.411. The van der Waals surface area contributed by atoms with Crippen LogP contribution in [0.1, 0.15) is 6.92 Å². The summed E-state index contributed by atoms with van der Waals surface area (Å²) in [5, 5.41) is 1.38. The Bertz CT molecular complexity index is 673. The van der Waals surface area contributed by atoms with Crippen LogP contribution in [0.25, 0.3) is 0 Å². The van der Waals surface area contributed by atoms with E-state index in [9.17, 15) is 0 Å². The molecule has 2 nitrogen and oxygen atoms in total. The van der Waals surface area contributed by atoms with Gasteiger partial charge in [-0.1, -0.05) is 73.7 Å². The molecule has 0 heterocycles. The van der Waals surface area contributed by atoms with E-state index in [0.717, 1.165) is 17.5 Å². The van der Waals surface area contributed by atoms with Gasteiger partial charge in [-0.3, -0.25) is 0 Å². The van der Waals surface area contributed by atoms with Crippen LogP contribution in [0.2, 0.25) is 12.6 Å². The van der Waals surface area contributed by atoms with Crippen LogP contribution in [0.3, 0.4) is 0 Å². The molecule has 1 unspecified atom stereocenters. The SMILES string of the molecule is CC[Si](C)(OC)c1ccccc1.c1ccc(Oc2ccccc2)cc1. The number of ether oxygens (including phenoxy) is 1. The molecule has 3 heteroatoms. The molecule has 130 valence electrons. The molecule has 0 radical (unpaired) electrons. The average molecular weight is 351 g/mol. The van der Waals surface area contributed by atoms with Gasteiger partial charge in [0.25, 0.3) is 0 Å². The number of hydrogen-bond acceptors (Lipinski definition) is 2. The van der Waals surface area contributed by atoms with Crippen molar-refractivity contribution in [2.24, 2.45) is 0 Å². The van der Waals surface area contributed by atoms with E-state index in [1.54, 1.807) is 0 Å². The van der Waals surface area contributed by atoms with Crippen molar-refractivity contribution in [3.8, 4) is 11.5 Å². The van der Waals surface area contributed by atoms with Crippen molar-refractivity contribution in [1.29, 1.82) is 0 Å². The Morgan fingerprint density at radius 2 is 1.08 bits per heavy atom. The zero-order chi connectivity index (χ0) is 18.0. The molecule has 0 aliphatic heterocycles. The van der Waals surface area contributed by atoms with Gasteiger partial charge in [-0.05, 0) is 42.0 Å². The fourth-order valence-electron chi connectivity index (χ4n) is 2.37. The average Bonchev–Trinajstić information content (AvgIpc) is 2.70. The lowest BCUT2D eigenvalue weighted by Gasteiger charge is -2.23. The summed E-state index contributed by atoms with van der Waals surface area (Å²) < 4.78 is 11.2. The summed E-state index contributed by atoms with van der Waals surface area (Å²) >= 11 is 0. The standard InChI is InChI=1S/C12H10O.C10H16OSi/c1-3-7-11(8-4-1)13-12-9-5-2-6-10-12;1-4-12(3,11-2)10-8-6-5-7-9-10/h1-10H;5-9H,4H2,1-3H3. The molecule has 0 N–H and O–H groups in total. The van der Waals surface area contributed by atoms with Gasteiger partial charge in [0.2, 0.25) is 8.32 Å². The van der Waals surface area contributed by atoms with Crippen molar-refractivity contribution in [3.05, 3.63) is 91.0 Å². The summed E-state index contributed by atoms with van der Waals surface area (Å²) in [7, 11) is 0.249. The van der Waals surface area contributed by atoms with E-state index < -0.39 is 8.32 Å². The fourth-order valence-corrected chi connectivity index (χ4v) is 4.20. The number of benzene rings is 3. The first-order chi connectivity index (χ1) is 12.2. The Kier molecular flexibility index (Phi) is 7.45. The fraction of sp³-hybridized carbons (Fsp3) is 0.182. The van der Waals surface area contributed by atoms with Crippen molar-refractivity contribution < 1.29 is 9.16 Å². The highest BCUT2D eigenvalue weighted by molar-refractivity contribution is 6.85. The second kappa shape index (κ2) is 9.82. The van der Waals surface area contributed by atoms with E-state index in [1.807, 2.05) is 73.8 Å². The van der Waals surface area contributed by atoms with Gasteiger partial charge in [0.1, 0.15) is 11.5 Å². The summed E-state index contributed by atoms with van der Waals surface area (Å²) in [6.07, 6.45) is 0. The maximum atomic E-state index is 5.61. The molecule has 3 aromatic rings. The van der Waals surface area contributed by atoms with Gasteiger partial charge in [0.05, 0.1) is 0 Å². The molecule has 0 aromatic heterocycles. The normalized spacial score (nSPS) is 12.4. The maximum absolute atomic E-state index is 5.61. The lowest BCUT2D eigenvalue weighted by atomic mass is 10.3. The van der Waals surface area contributed by atoms with Gasteiger partial charge >= 0.3 is 0 Å². The van der Waals surface area contributed by atoms with Crippen LogP contribution in [0.5, 0.6) is 11.5 Å². The largest absolute Gasteiger partial charge is 0.457 e. The van der Waals surface area contributed by atoms with E-state index >= 15 is 0 Å². The van der Waals surface area contributed by atoms with Gasteiger partial charge in [-0.2, -0.15) is 0 Å². The van der Waals surface area contributed by atoms with E-state index in [0.29, 0.717) is 0 Å². The zero-order valence-corrected chi connectivity index (χ0v) is 16.2. The summed E-state index contributed by atoms with van der Waals surface area (Å²) in [5.74, 6) is 1.74. The van der Waals surface area contributed by atoms with E-state index in [-0.39, 0.29) is 0 Å². The quantitative estimate of drug-likeness (QED) is 0.557. The molecular weight excluding hydrogens is 324 g/mol. The smallest absolute Gasteiger partial charge is 0.220 e. The molecule has 3 rings (SSSR count). The number of hydrogen-bond donors (Lipinski definition) is 0. The number of rotatable bonds is 5. The summed E-state index contributed by atoms with van der Waals surface area (Å²) in [5.41, 5.74) is 0. The van der Waals surface area contributed by atoms with Gasteiger partial charge in [-0.25, -0.2) is 0 Å². The predicted octanol–water partition coefficient (Wildman–Crippen LogP) is 5.61. The first kappa shape index (κ1) is 19.0. The lowest BCUT2D eigenvalue weighted by Crippen LogP contribution is -2.46. The molecule has 0 saturated heterocycles. The van der Waals surface area contributed by atoms with Crippen LogP contribution in [0.15, 0.2) is 91.0 Å². The van der Waals surface area contributed by atoms with Crippen LogP contribution in [-0.4, -0.2) is 15.4 Å². The van der Waals surface area contributed by atoms with Crippen LogP contribution in [0.4, 0.5) is 0 Å². The molecule has 1 atom stereocenters. The Morgan fingerprint density at radius 1 is 0.680 bits per heavy atom. The van der Waals surface area contributed by atoms with E-state index in [4.69, 9.17) is 9.16 Å². The molecule has 0 fully saturated rings. The molecule has 3 aromatic carbocycles. The molecule has 25 heavy (non-hydrogen) atoms. The molecule has 0 saturated carbocycles. The molecule has 0 aliphatic rings. The minimum absolute atomic E-state index is 0.869. The van der Waals surface area contributed by atoms with E-state index in [1.165, 1.54) is 5.19 Å². The van der Waals surface area contributed by atoms with Gasteiger partial charge < -0.3 is 9.16 Å². The highest BCUT2D eigenvalue weighted by atomic mass is 28.4. The maximum Gasteiger partial charge on any atom is 0.220 e. The van der Waals surface area contributed by atoms with Crippen molar-refractivity contribution in [2.75, 3.05) is 7.11 Å². The minimum Gasteiger partial charge on any atom is -0.457 e. The van der Waals surface area contributed by atoms with Crippen molar-refractivity contribution in [2.45, 2.75) is 19.5 Å². The van der Waals surface area contributed by atoms with Gasteiger partial charge in [-0.15, -0.1) is 0 Å². The zero-order valence-electron chi connectivity index (χ0n) is 15.2. The molecule has 0 bridgehead atoms. The highest BCUT2D eigenvalue weighted by Crippen LogP contribution is 2.19. The van der Waals surface area contributed by atoms with Gasteiger partial charge in [0, 0.05) is 7.11 Å². The summed E-state index contributed by atoms with van der Waals surface area (Å²) in [4.78, 5) is 0. The van der Waals surface area contributed by atoms with Crippen molar-refractivity contribution in [1.82, 2.24) is 0 Å². The van der Waals surface area contributed by atoms with Crippen molar-refractivity contribution in [3.63, 3.8) is 0 Å². The Morgan fingerprint density at radius 3 is 1.44 bits per heavy atom. The van der Waals surface area contributed by atoms with Crippen LogP contribution < -0.4 is 9.92 Å². The Hall–Kier alpha value is -2.36. The predicted molar refractivity (Wildman–Crippen MR) is 108 cm³/mol. The Balaban J connectivity index is 0.000000181. The van der Waals surface area contributed by atoms with E-state index in [2.05, 4.69) is 37.7 Å². The van der Waals surface area contributed by atoms with Gasteiger partial charge in [0.15, 0.2) is 0 Å². The molecule has 0 spiro atoms. The van der Waals surface area contributed by atoms with Crippen LogP contribution in [0, 0.1) is 0 Å². The summed E-state index contributed by atoms with van der Waals surface area (Å²) in [6, 6.07) is 31.2. The first-order valence-corrected chi connectivity index (χ1v) is 11.2. The third-order valence-electron chi connectivity index (χ3n) is 4.23. The second-order valence-electron chi connectivity index (χ2n) is 5.88. The molecule has 0 aliphatic carbocycles. The second-order valence-corrected chi connectivity index (χ2v) is 10.0. The molecular formula is C22H26O2Si. The third-order valence-corrected chi connectivity index (χ3v) is 8.04. The highest BCUT2D eigenvalue weighted by Gasteiger charge is 2.27. The first-order valence-electron chi connectivity index (χ1n) is 8.56. The Labute approximate surface area is 152 Å². The monoisotopic (exact) mass is 350 g/mol. The third kappa shape index (κ3) is 5.89. The number of para-hydroxylation sites is 2. The minimum atomic E-state index is -1.57. The topological polar surface area (TPSA) is 18.5 Å². The molecule has 0 amide bonds.